The van der Waals surface area contributed by atoms with E-state index in [1.807, 2.05) is 36.4 Å². The third-order valence-electron chi connectivity index (χ3n) is 2.75. The van der Waals surface area contributed by atoms with Crippen LogP contribution in [0, 0.1) is 0 Å². The van der Waals surface area contributed by atoms with Crippen molar-refractivity contribution in [1.82, 2.24) is 5.32 Å². The fourth-order valence-electron chi connectivity index (χ4n) is 1.78. The lowest BCUT2D eigenvalue weighted by atomic mass is 10.0. The quantitative estimate of drug-likeness (QED) is 0.649. The largest absolute Gasteiger partial charge is 0.465 e. The molecular weight excluding hydrogens is 254 g/mol. The van der Waals surface area contributed by atoms with Crippen molar-refractivity contribution >= 4 is 17.6 Å². The Labute approximate surface area is 118 Å². The third-order valence-corrected chi connectivity index (χ3v) is 2.75. The molecule has 1 aromatic carbocycles. The van der Waals surface area contributed by atoms with Crippen LogP contribution in [-0.2, 0) is 9.53 Å². The predicted molar refractivity (Wildman–Crippen MR) is 77.9 cm³/mol. The highest BCUT2D eigenvalue weighted by molar-refractivity contribution is 6.24. The van der Waals surface area contributed by atoms with E-state index in [1.165, 1.54) is 0 Å². The Hall–Kier alpha value is -2.33. The molecule has 0 aliphatic rings. The lowest BCUT2D eigenvalue weighted by molar-refractivity contribution is -0.115. The number of benzene rings is 1. The molecule has 1 amide bonds. The molecule has 0 saturated carbocycles. The fourth-order valence-corrected chi connectivity index (χ4v) is 1.78. The molecule has 0 aliphatic carbocycles. The van der Waals surface area contributed by atoms with Crippen LogP contribution in [0.25, 0.3) is 11.6 Å². The van der Waals surface area contributed by atoms with Gasteiger partial charge < -0.3 is 14.5 Å². The van der Waals surface area contributed by atoms with Crippen molar-refractivity contribution in [3.05, 3.63) is 60.1 Å². The van der Waals surface area contributed by atoms with Gasteiger partial charge in [0.1, 0.15) is 5.76 Å². The summed E-state index contributed by atoms with van der Waals surface area (Å²) in [6.07, 6.45) is 3.31. The second-order valence-corrected chi connectivity index (χ2v) is 4.19. The predicted octanol–water partition coefficient (Wildman–Crippen LogP) is 2.58. The van der Waals surface area contributed by atoms with Gasteiger partial charge in [0.2, 0.25) is 0 Å². The van der Waals surface area contributed by atoms with E-state index in [0.717, 1.165) is 5.56 Å². The summed E-state index contributed by atoms with van der Waals surface area (Å²) in [5.41, 5.74) is 1.41. The molecule has 0 radical (unpaired) electrons. The number of carbonyl (C=O) groups is 1. The molecule has 1 N–H and O–H groups in total. The van der Waals surface area contributed by atoms with Crippen LogP contribution in [0.4, 0.5) is 0 Å². The van der Waals surface area contributed by atoms with Gasteiger partial charge in [-0.15, -0.1) is 0 Å². The van der Waals surface area contributed by atoms with Gasteiger partial charge in [-0.05, 0) is 23.8 Å². The van der Waals surface area contributed by atoms with Crippen LogP contribution in [0.1, 0.15) is 11.3 Å². The summed E-state index contributed by atoms with van der Waals surface area (Å²) in [6, 6.07) is 13.1. The van der Waals surface area contributed by atoms with Crippen LogP contribution in [-0.4, -0.2) is 26.2 Å². The smallest absolute Gasteiger partial charge is 0.252 e. The minimum Gasteiger partial charge on any atom is -0.465 e. The molecule has 0 saturated heterocycles. The Morgan fingerprint density at radius 1 is 1.25 bits per heavy atom. The maximum atomic E-state index is 12.3. The van der Waals surface area contributed by atoms with Crippen LogP contribution in [0.15, 0.2) is 53.1 Å². The molecule has 0 unspecified atom stereocenters. The first kappa shape index (κ1) is 14.1. The van der Waals surface area contributed by atoms with Crippen molar-refractivity contribution in [1.29, 1.82) is 0 Å². The minimum absolute atomic E-state index is 0.148. The first-order valence-electron chi connectivity index (χ1n) is 6.39. The van der Waals surface area contributed by atoms with Crippen LogP contribution in [0.5, 0.6) is 0 Å². The Kier molecular flexibility index (Phi) is 5.15. The van der Waals surface area contributed by atoms with Gasteiger partial charge in [-0.2, -0.15) is 0 Å². The molecule has 0 fully saturated rings. The van der Waals surface area contributed by atoms with Gasteiger partial charge in [0.15, 0.2) is 0 Å². The van der Waals surface area contributed by atoms with Crippen molar-refractivity contribution in [2.45, 2.75) is 0 Å². The lowest BCUT2D eigenvalue weighted by Crippen LogP contribution is -2.27. The number of carbonyl (C=O) groups excluding carboxylic acids is 1. The van der Waals surface area contributed by atoms with Gasteiger partial charge >= 0.3 is 0 Å². The number of hydrogen-bond acceptors (Lipinski definition) is 3. The van der Waals surface area contributed by atoms with E-state index in [0.29, 0.717) is 24.5 Å². The van der Waals surface area contributed by atoms with Gasteiger partial charge in [0.05, 0.1) is 18.4 Å². The molecule has 1 aromatic heterocycles. The van der Waals surface area contributed by atoms with E-state index in [2.05, 4.69) is 5.32 Å². The maximum absolute atomic E-state index is 12.3. The molecule has 0 atom stereocenters. The standard InChI is InChI=1S/C16H17NO3/c1-19-11-9-17-16(18)15(12-14-8-5-10-20-14)13-6-3-2-4-7-13/h2-8,10,12H,9,11H2,1H3,(H,17,18)/b15-12+. The van der Waals surface area contributed by atoms with Gasteiger partial charge in [-0.1, -0.05) is 30.3 Å². The van der Waals surface area contributed by atoms with Gasteiger partial charge in [0, 0.05) is 13.7 Å². The summed E-state index contributed by atoms with van der Waals surface area (Å²) in [4.78, 5) is 12.3. The number of nitrogens with one attached hydrogen (secondary N) is 1. The minimum atomic E-state index is -0.148. The first-order chi connectivity index (χ1) is 9.81. The molecule has 2 aromatic rings. The van der Waals surface area contributed by atoms with Gasteiger partial charge in [-0.3, -0.25) is 4.79 Å². The van der Waals surface area contributed by atoms with Crippen molar-refractivity contribution in [2.75, 3.05) is 20.3 Å². The van der Waals surface area contributed by atoms with Gasteiger partial charge in [0.25, 0.3) is 5.91 Å². The summed E-state index contributed by atoms with van der Waals surface area (Å²) < 4.78 is 10.2. The van der Waals surface area contributed by atoms with Crippen LogP contribution >= 0.6 is 0 Å². The van der Waals surface area contributed by atoms with E-state index in [4.69, 9.17) is 9.15 Å². The number of rotatable bonds is 6. The normalized spacial score (nSPS) is 11.3. The molecule has 2 rings (SSSR count). The summed E-state index contributed by atoms with van der Waals surface area (Å²) in [5, 5.41) is 2.82. The van der Waals surface area contributed by atoms with Crippen molar-refractivity contribution in [2.24, 2.45) is 0 Å². The Morgan fingerprint density at radius 3 is 2.70 bits per heavy atom. The maximum Gasteiger partial charge on any atom is 0.252 e. The monoisotopic (exact) mass is 271 g/mol. The Bertz CT molecular complexity index is 559. The van der Waals surface area contributed by atoms with Gasteiger partial charge in [-0.25, -0.2) is 0 Å². The van der Waals surface area contributed by atoms with E-state index in [9.17, 15) is 4.79 Å². The lowest BCUT2D eigenvalue weighted by Gasteiger charge is -2.08. The molecule has 1 heterocycles. The zero-order valence-corrected chi connectivity index (χ0v) is 11.3. The summed E-state index contributed by atoms with van der Waals surface area (Å²) in [5.74, 6) is 0.496. The highest BCUT2D eigenvalue weighted by Crippen LogP contribution is 2.18. The Morgan fingerprint density at radius 2 is 2.05 bits per heavy atom. The molecule has 0 aliphatic heterocycles. The summed E-state index contributed by atoms with van der Waals surface area (Å²) in [6.45, 7) is 0.951. The van der Waals surface area contributed by atoms with E-state index < -0.39 is 0 Å². The highest BCUT2D eigenvalue weighted by atomic mass is 16.5. The zero-order chi connectivity index (χ0) is 14.2. The molecule has 0 bridgehead atoms. The number of amides is 1. The number of hydrogen-bond donors (Lipinski definition) is 1. The van der Waals surface area contributed by atoms with Crippen LogP contribution in [0.3, 0.4) is 0 Å². The summed E-state index contributed by atoms with van der Waals surface area (Å²) >= 11 is 0. The third kappa shape index (κ3) is 3.83. The zero-order valence-electron chi connectivity index (χ0n) is 11.3. The van der Waals surface area contributed by atoms with Crippen LogP contribution < -0.4 is 5.32 Å². The molecule has 4 nitrogen and oxygen atoms in total. The average Bonchev–Trinajstić information content (AvgIpc) is 2.99. The number of ether oxygens (including phenoxy) is 1. The summed E-state index contributed by atoms with van der Waals surface area (Å²) in [7, 11) is 1.60. The Balaban J connectivity index is 2.23. The molecule has 0 spiro atoms. The second kappa shape index (κ2) is 7.31. The molecule has 4 heteroatoms. The van der Waals surface area contributed by atoms with Crippen molar-refractivity contribution < 1.29 is 13.9 Å². The first-order valence-corrected chi connectivity index (χ1v) is 6.39. The molecule has 104 valence electrons. The topological polar surface area (TPSA) is 51.5 Å². The van der Waals surface area contributed by atoms with Crippen LogP contribution in [0.2, 0.25) is 0 Å². The fraction of sp³-hybridized carbons (Fsp3) is 0.188. The number of methoxy groups -OCH3 is 1. The molecule has 20 heavy (non-hydrogen) atoms. The SMILES string of the molecule is COCCNC(=O)/C(=C/c1ccco1)c1ccccc1. The second-order valence-electron chi connectivity index (χ2n) is 4.19. The van der Waals surface area contributed by atoms with Crippen molar-refractivity contribution in [3.63, 3.8) is 0 Å². The van der Waals surface area contributed by atoms with Crippen molar-refractivity contribution in [3.8, 4) is 0 Å². The van der Waals surface area contributed by atoms with E-state index >= 15 is 0 Å². The average molecular weight is 271 g/mol. The molecular formula is C16H17NO3. The number of furan rings is 1. The van der Waals surface area contributed by atoms with E-state index in [-0.39, 0.29) is 5.91 Å². The van der Waals surface area contributed by atoms with E-state index in [1.54, 1.807) is 25.5 Å². The highest BCUT2D eigenvalue weighted by Gasteiger charge is 2.12.